The SMILES string of the molecule is CC(C)(C)Cc1noc2nc(C(C)(C)C)cc(C(=O)O)c12. The molecule has 0 saturated heterocycles. The highest BCUT2D eigenvalue weighted by Crippen LogP contribution is 2.31. The molecule has 114 valence electrons. The van der Waals surface area contributed by atoms with Crippen LogP contribution in [0.5, 0.6) is 0 Å². The van der Waals surface area contributed by atoms with Crippen molar-refractivity contribution < 1.29 is 14.4 Å². The van der Waals surface area contributed by atoms with Crippen LogP contribution in [0.25, 0.3) is 11.1 Å². The quantitative estimate of drug-likeness (QED) is 0.910. The number of carbonyl (C=O) groups is 1. The van der Waals surface area contributed by atoms with Crippen molar-refractivity contribution in [2.45, 2.75) is 53.4 Å². The topological polar surface area (TPSA) is 76.2 Å². The van der Waals surface area contributed by atoms with Crippen molar-refractivity contribution in [1.82, 2.24) is 10.1 Å². The first-order valence-corrected chi connectivity index (χ1v) is 7.02. The first kappa shape index (κ1) is 15.5. The zero-order valence-corrected chi connectivity index (χ0v) is 13.4. The fourth-order valence-corrected chi connectivity index (χ4v) is 2.19. The number of carboxylic acid groups (broad SMARTS) is 1. The average molecular weight is 290 g/mol. The lowest BCUT2D eigenvalue weighted by molar-refractivity contribution is 0.0698. The zero-order valence-electron chi connectivity index (χ0n) is 13.4. The van der Waals surface area contributed by atoms with Crippen LogP contribution in [-0.4, -0.2) is 21.2 Å². The summed E-state index contributed by atoms with van der Waals surface area (Å²) < 4.78 is 5.30. The van der Waals surface area contributed by atoms with Crippen molar-refractivity contribution in [3.8, 4) is 0 Å². The van der Waals surface area contributed by atoms with Crippen LogP contribution in [0.3, 0.4) is 0 Å². The summed E-state index contributed by atoms with van der Waals surface area (Å²) in [5.41, 5.74) is 1.59. The lowest BCUT2D eigenvalue weighted by Gasteiger charge is -2.18. The molecule has 2 aromatic heterocycles. The molecule has 2 heterocycles. The molecule has 0 aliphatic carbocycles. The van der Waals surface area contributed by atoms with E-state index in [0.717, 1.165) is 0 Å². The van der Waals surface area contributed by atoms with Crippen LogP contribution >= 0.6 is 0 Å². The molecule has 5 nitrogen and oxygen atoms in total. The molecular formula is C16H22N2O3. The lowest BCUT2D eigenvalue weighted by Crippen LogP contribution is -2.15. The minimum Gasteiger partial charge on any atom is -0.478 e. The number of rotatable bonds is 2. The Balaban J connectivity index is 2.71. The second-order valence-corrected chi connectivity index (χ2v) is 7.66. The molecular weight excluding hydrogens is 268 g/mol. The maximum absolute atomic E-state index is 11.6. The maximum atomic E-state index is 11.6. The number of hydrogen-bond acceptors (Lipinski definition) is 4. The fraction of sp³-hybridized carbons (Fsp3) is 0.562. The second-order valence-electron chi connectivity index (χ2n) is 7.66. The summed E-state index contributed by atoms with van der Waals surface area (Å²) in [7, 11) is 0. The van der Waals surface area contributed by atoms with Gasteiger partial charge >= 0.3 is 5.97 Å². The van der Waals surface area contributed by atoms with Gasteiger partial charge in [0.1, 0.15) is 0 Å². The van der Waals surface area contributed by atoms with E-state index in [0.29, 0.717) is 28.9 Å². The van der Waals surface area contributed by atoms with Crippen molar-refractivity contribution >= 4 is 17.1 Å². The number of aromatic nitrogens is 2. The van der Waals surface area contributed by atoms with Crippen molar-refractivity contribution in [3.63, 3.8) is 0 Å². The smallest absolute Gasteiger partial charge is 0.336 e. The molecule has 0 aliphatic heterocycles. The van der Waals surface area contributed by atoms with Gasteiger partial charge in [-0.1, -0.05) is 46.7 Å². The summed E-state index contributed by atoms with van der Waals surface area (Å²) in [4.78, 5) is 16.1. The van der Waals surface area contributed by atoms with E-state index in [1.807, 2.05) is 20.8 Å². The largest absolute Gasteiger partial charge is 0.478 e. The summed E-state index contributed by atoms with van der Waals surface area (Å²) in [5.74, 6) is -0.980. The Morgan fingerprint density at radius 3 is 2.33 bits per heavy atom. The number of pyridine rings is 1. The molecule has 0 spiro atoms. The van der Waals surface area contributed by atoms with Gasteiger partial charge < -0.3 is 9.63 Å². The van der Waals surface area contributed by atoms with Crippen LogP contribution in [-0.2, 0) is 11.8 Å². The molecule has 1 N–H and O–H groups in total. The fourth-order valence-electron chi connectivity index (χ4n) is 2.19. The van der Waals surface area contributed by atoms with Crippen LogP contribution in [0.2, 0.25) is 0 Å². The van der Waals surface area contributed by atoms with Gasteiger partial charge in [-0.25, -0.2) is 9.78 Å². The number of fused-ring (bicyclic) bond motifs is 1. The standard InChI is InChI=1S/C16H22N2O3/c1-15(2,3)8-10-12-9(14(19)20)7-11(16(4,5)6)17-13(12)21-18-10/h7H,8H2,1-6H3,(H,19,20). The molecule has 0 aromatic carbocycles. The molecule has 0 unspecified atom stereocenters. The van der Waals surface area contributed by atoms with E-state index < -0.39 is 5.97 Å². The molecule has 5 heteroatoms. The van der Waals surface area contributed by atoms with E-state index in [9.17, 15) is 9.90 Å². The van der Waals surface area contributed by atoms with Crippen molar-refractivity contribution in [2.24, 2.45) is 5.41 Å². The third kappa shape index (κ3) is 3.23. The molecule has 0 saturated carbocycles. The number of aromatic carboxylic acids is 1. The first-order chi connectivity index (χ1) is 9.49. The van der Waals surface area contributed by atoms with E-state index in [4.69, 9.17) is 4.52 Å². The minimum absolute atomic E-state index is 0.0116. The number of carboxylic acids is 1. The Bertz CT molecular complexity index is 688. The van der Waals surface area contributed by atoms with Crippen LogP contribution in [0.1, 0.15) is 63.3 Å². The van der Waals surface area contributed by atoms with E-state index in [1.165, 1.54) is 0 Å². The summed E-state index contributed by atoms with van der Waals surface area (Å²) in [6.45, 7) is 12.2. The third-order valence-electron chi connectivity index (χ3n) is 3.21. The monoisotopic (exact) mass is 290 g/mol. The highest BCUT2D eigenvalue weighted by Gasteiger charge is 2.26. The summed E-state index contributed by atoms with van der Waals surface area (Å²) in [6, 6.07) is 1.63. The molecule has 2 aromatic rings. The number of hydrogen-bond donors (Lipinski definition) is 1. The van der Waals surface area contributed by atoms with Gasteiger partial charge in [0.15, 0.2) is 0 Å². The molecule has 0 bridgehead atoms. The van der Waals surface area contributed by atoms with E-state index in [-0.39, 0.29) is 16.4 Å². The van der Waals surface area contributed by atoms with Crippen LogP contribution in [0, 0.1) is 5.41 Å². The van der Waals surface area contributed by atoms with Gasteiger partial charge in [-0.3, -0.25) is 0 Å². The van der Waals surface area contributed by atoms with E-state index in [2.05, 4.69) is 30.9 Å². The molecule has 0 atom stereocenters. The Kier molecular flexibility index (Phi) is 3.56. The van der Waals surface area contributed by atoms with Gasteiger partial charge in [-0.15, -0.1) is 0 Å². The zero-order chi connectivity index (χ0) is 16.0. The summed E-state index contributed by atoms with van der Waals surface area (Å²) >= 11 is 0. The van der Waals surface area contributed by atoms with Gasteiger partial charge in [0.25, 0.3) is 5.71 Å². The van der Waals surface area contributed by atoms with Gasteiger partial charge in [-0.05, 0) is 17.9 Å². The highest BCUT2D eigenvalue weighted by atomic mass is 16.5. The highest BCUT2D eigenvalue weighted by molar-refractivity contribution is 6.02. The first-order valence-electron chi connectivity index (χ1n) is 7.02. The average Bonchev–Trinajstić information content (AvgIpc) is 2.67. The van der Waals surface area contributed by atoms with Gasteiger partial charge in [0.2, 0.25) is 0 Å². The van der Waals surface area contributed by atoms with Gasteiger partial charge in [-0.2, -0.15) is 0 Å². The summed E-state index contributed by atoms with van der Waals surface area (Å²) in [5, 5.41) is 14.1. The molecule has 0 amide bonds. The van der Waals surface area contributed by atoms with Crippen LogP contribution in [0.4, 0.5) is 0 Å². The lowest BCUT2D eigenvalue weighted by atomic mass is 9.87. The molecule has 0 fully saturated rings. The Morgan fingerprint density at radius 1 is 1.24 bits per heavy atom. The van der Waals surface area contributed by atoms with Crippen molar-refractivity contribution in [2.75, 3.05) is 0 Å². The van der Waals surface area contributed by atoms with Crippen molar-refractivity contribution in [1.29, 1.82) is 0 Å². The van der Waals surface area contributed by atoms with Gasteiger partial charge in [0.05, 0.1) is 22.3 Å². The van der Waals surface area contributed by atoms with Crippen LogP contribution in [0.15, 0.2) is 10.6 Å². The Labute approximate surface area is 124 Å². The molecule has 21 heavy (non-hydrogen) atoms. The Hall–Kier alpha value is -1.91. The third-order valence-corrected chi connectivity index (χ3v) is 3.21. The van der Waals surface area contributed by atoms with E-state index >= 15 is 0 Å². The maximum Gasteiger partial charge on any atom is 0.336 e. The molecule has 0 aliphatic rings. The molecule has 2 rings (SSSR count). The minimum atomic E-state index is -0.980. The van der Waals surface area contributed by atoms with E-state index in [1.54, 1.807) is 6.07 Å². The number of nitrogens with zero attached hydrogens (tertiary/aromatic N) is 2. The van der Waals surface area contributed by atoms with Crippen LogP contribution < -0.4 is 0 Å². The Morgan fingerprint density at radius 2 is 1.86 bits per heavy atom. The summed E-state index contributed by atoms with van der Waals surface area (Å²) in [6.07, 6.45) is 0.636. The van der Waals surface area contributed by atoms with Crippen molar-refractivity contribution in [3.05, 3.63) is 23.0 Å². The normalized spacial score (nSPS) is 12.9. The second kappa shape index (κ2) is 4.83. The van der Waals surface area contributed by atoms with Gasteiger partial charge in [0, 0.05) is 5.41 Å². The molecule has 0 radical (unpaired) electrons. The predicted molar refractivity (Wildman–Crippen MR) is 80.6 cm³/mol. The predicted octanol–water partition coefficient (Wildman–Crippen LogP) is 3.81.